The van der Waals surface area contributed by atoms with E-state index in [4.69, 9.17) is 4.42 Å². The quantitative estimate of drug-likeness (QED) is 0.696. The van der Waals surface area contributed by atoms with Crippen LogP contribution in [0.4, 0.5) is 17.6 Å². The Labute approximate surface area is 122 Å². The van der Waals surface area contributed by atoms with E-state index >= 15 is 0 Å². The molecule has 1 amide bonds. The zero-order valence-electron chi connectivity index (χ0n) is 11.3. The average Bonchev–Trinajstić information content (AvgIpc) is 2.97. The van der Waals surface area contributed by atoms with E-state index in [0.29, 0.717) is 6.07 Å². The lowest BCUT2D eigenvalue weighted by Gasteiger charge is -2.17. The third-order valence-electron chi connectivity index (χ3n) is 2.81. The summed E-state index contributed by atoms with van der Waals surface area (Å²) < 4.78 is 55.7. The fraction of sp³-hybridized carbons (Fsp3) is 0.231. The van der Waals surface area contributed by atoms with Gasteiger partial charge in [-0.2, -0.15) is 13.2 Å². The molecule has 0 aliphatic heterocycles. The van der Waals surface area contributed by atoms with Crippen LogP contribution in [-0.2, 0) is 12.7 Å². The van der Waals surface area contributed by atoms with E-state index in [1.165, 1.54) is 19.5 Å². The highest BCUT2D eigenvalue weighted by Crippen LogP contribution is 2.30. The van der Waals surface area contributed by atoms with Gasteiger partial charge < -0.3 is 4.42 Å². The summed E-state index contributed by atoms with van der Waals surface area (Å²) in [4.78, 5) is 15.4. The Morgan fingerprint density at radius 3 is 2.68 bits per heavy atom. The van der Waals surface area contributed by atoms with Gasteiger partial charge in [0.05, 0.1) is 11.8 Å². The molecule has 0 atom stereocenters. The van der Waals surface area contributed by atoms with Gasteiger partial charge in [-0.3, -0.25) is 9.80 Å². The summed E-state index contributed by atoms with van der Waals surface area (Å²) >= 11 is 0. The predicted octanol–water partition coefficient (Wildman–Crippen LogP) is 2.61. The van der Waals surface area contributed by atoms with Crippen molar-refractivity contribution in [2.45, 2.75) is 12.7 Å². The number of hydrogen-bond acceptors (Lipinski definition) is 4. The molecule has 0 bridgehead atoms. The van der Waals surface area contributed by atoms with Gasteiger partial charge >= 0.3 is 12.1 Å². The number of nitrogens with zero attached hydrogens (tertiary/aromatic N) is 2. The molecule has 0 aliphatic rings. The number of carbonyl (C=O) groups is 1. The van der Waals surface area contributed by atoms with E-state index in [1.54, 1.807) is 0 Å². The van der Waals surface area contributed by atoms with Gasteiger partial charge in [0, 0.05) is 19.2 Å². The molecule has 22 heavy (non-hydrogen) atoms. The van der Waals surface area contributed by atoms with Gasteiger partial charge in [0.2, 0.25) is 0 Å². The van der Waals surface area contributed by atoms with Gasteiger partial charge in [0.1, 0.15) is 12.1 Å². The zero-order valence-corrected chi connectivity index (χ0v) is 11.3. The van der Waals surface area contributed by atoms with Crippen LogP contribution in [0.3, 0.4) is 0 Å². The molecule has 2 aromatic rings. The molecule has 0 saturated carbocycles. The van der Waals surface area contributed by atoms with E-state index in [-0.39, 0.29) is 18.0 Å². The summed E-state index contributed by atoms with van der Waals surface area (Å²) in [5.74, 6) is -1.78. The van der Waals surface area contributed by atoms with Crippen LogP contribution in [0.5, 0.6) is 0 Å². The van der Waals surface area contributed by atoms with Crippen LogP contribution in [0.25, 0.3) is 0 Å². The maximum absolute atomic E-state index is 13.6. The van der Waals surface area contributed by atoms with Gasteiger partial charge in [-0.25, -0.2) is 14.8 Å². The van der Waals surface area contributed by atoms with Gasteiger partial charge in [0.15, 0.2) is 0 Å². The topological polar surface area (TPSA) is 58.4 Å². The van der Waals surface area contributed by atoms with Crippen molar-refractivity contribution in [1.29, 1.82) is 0 Å². The molecule has 0 saturated heterocycles. The molecule has 0 fully saturated rings. The first-order chi connectivity index (χ1) is 10.3. The second-order valence-electron chi connectivity index (χ2n) is 4.34. The van der Waals surface area contributed by atoms with Crippen LogP contribution < -0.4 is 5.43 Å². The largest absolute Gasteiger partial charge is 0.441 e. The van der Waals surface area contributed by atoms with E-state index in [9.17, 15) is 22.4 Å². The molecule has 1 heterocycles. The normalized spacial score (nSPS) is 11.5. The van der Waals surface area contributed by atoms with Crippen molar-refractivity contribution in [3.05, 3.63) is 53.5 Å². The summed E-state index contributed by atoms with van der Waals surface area (Å²) in [7, 11) is 1.36. The van der Waals surface area contributed by atoms with Crippen LogP contribution in [0.2, 0.25) is 0 Å². The highest BCUT2D eigenvalue weighted by molar-refractivity contribution is 5.88. The summed E-state index contributed by atoms with van der Waals surface area (Å²) in [5, 5.41) is 1.00. The minimum absolute atomic E-state index is 0.0138. The number of benzene rings is 1. The number of hydrogen-bond donors (Lipinski definition) is 1. The van der Waals surface area contributed by atoms with Crippen LogP contribution in [0.15, 0.2) is 35.1 Å². The third-order valence-corrected chi connectivity index (χ3v) is 2.81. The average molecular weight is 317 g/mol. The predicted molar refractivity (Wildman–Crippen MR) is 66.8 cm³/mol. The lowest BCUT2D eigenvalue weighted by molar-refractivity contribution is -0.137. The molecule has 0 aliphatic carbocycles. The first kappa shape index (κ1) is 16.0. The number of alkyl halides is 3. The number of amides is 1. The Morgan fingerprint density at radius 1 is 1.41 bits per heavy atom. The van der Waals surface area contributed by atoms with Crippen molar-refractivity contribution < 1.29 is 26.8 Å². The fourth-order valence-electron chi connectivity index (χ4n) is 1.62. The Kier molecular flexibility index (Phi) is 4.45. The molecule has 118 valence electrons. The van der Waals surface area contributed by atoms with Crippen molar-refractivity contribution in [3.8, 4) is 0 Å². The van der Waals surface area contributed by atoms with Crippen molar-refractivity contribution >= 4 is 5.91 Å². The van der Waals surface area contributed by atoms with E-state index in [2.05, 4.69) is 10.4 Å². The molecule has 1 aromatic carbocycles. The Hall–Kier alpha value is -2.42. The number of halogens is 4. The molecule has 0 radical (unpaired) electrons. The third kappa shape index (κ3) is 3.61. The summed E-state index contributed by atoms with van der Waals surface area (Å²) in [6.45, 7) is -0.174. The van der Waals surface area contributed by atoms with Crippen molar-refractivity contribution in [3.63, 3.8) is 0 Å². The molecule has 1 aromatic heterocycles. The summed E-state index contributed by atoms with van der Waals surface area (Å²) in [6, 6.07) is 2.19. The Bertz CT molecular complexity index is 656. The fourth-order valence-corrected chi connectivity index (χ4v) is 1.62. The molecule has 1 N–H and O–H groups in total. The maximum atomic E-state index is 13.6. The SMILES string of the molecule is CN(NCc1ccc(C(F)(F)F)cc1F)C(=O)c1ncco1. The Balaban J connectivity index is 2.01. The molecule has 0 unspecified atom stereocenters. The zero-order chi connectivity index (χ0) is 16.3. The number of carbonyl (C=O) groups excluding carboxylic acids is 1. The van der Waals surface area contributed by atoms with Crippen molar-refractivity contribution in [2.24, 2.45) is 0 Å². The van der Waals surface area contributed by atoms with Gasteiger partial charge in [-0.05, 0) is 12.1 Å². The molecule has 5 nitrogen and oxygen atoms in total. The minimum Gasteiger partial charge on any atom is -0.441 e. The van der Waals surface area contributed by atoms with Crippen molar-refractivity contribution in [2.75, 3.05) is 7.05 Å². The smallest absolute Gasteiger partial charge is 0.416 e. The molecular formula is C13H11F4N3O2. The first-order valence-electron chi connectivity index (χ1n) is 6.05. The monoisotopic (exact) mass is 317 g/mol. The summed E-state index contributed by atoms with van der Waals surface area (Å²) in [5.41, 5.74) is 1.46. The van der Waals surface area contributed by atoms with Crippen LogP contribution in [0.1, 0.15) is 21.8 Å². The molecule has 0 spiro atoms. The van der Waals surface area contributed by atoms with Gasteiger partial charge in [-0.15, -0.1) is 0 Å². The van der Waals surface area contributed by atoms with E-state index in [1.807, 2.05) is 0 Å². The minimum atomic E-state index is -4.61. The highest BCUT2D eigenvalue weighted by atomic mass is 19.4. The second-order valence-corrected chi connectivity index (χ2v) is 4.34. The van der Waals surface area contributed by atoms with Gasteiger partial charge in [-0.1, -0.05) is 6.07 Å². The van der Waals surface area contributed by atoms with E-state index in [0.717, 1.165) is 17.1 Å². The standard InChI is InChI=1S/C13H11F4N3O2/c1-20(12(21)11-18-4-5-22-11)19-7-8-2-3-9(6-10(8)14)13(15,16)17/h2-6,19H,7H2,1H3. The number of oxazole rings is 1. The Morgan fingerprint density at radius 2 is 2.14 bits per heavy atom. The lowest BCUT2D eigenvalue weighted by atomic mass is 10.1. The van der Waals surface area contributed by atoms with Crippen LogP contribution in [0, 0.1) is 5.82 Å². The van der Waals surface area contributed by atoms with Crippen LogP contribution >= 0.6 is 0 Å². The molecule has 9 heteroatoms. The van der Waals surface area contributed by atoms with Crippen LogP contribution in [-0.4, -0.2) is 22.9 Å². The van der Waals surface area contributed by atoms with Gasteiger partial charge in [0.25, 0.3) is 5.89 Å². The number of nitrogens with one attached hydrogen (secondary N) is 1. The highest BCUT2D eigenvalue weighted by Gasteiger charge is 2.31. The second kappa shape index (κ2) is 6.14. The summed E-state index contributed by atoms with van der Waals surface area (Å²) in [6.07, 6.45) is -2.10. The number of aromatic nitrogens is 1. The molecule has 2 rings (SSSR count). The lowest BCUT2D eigenvalue weighted by Crippen LogP contribution is -2.39. The van der Waals surface area contributed by atoms with E-state index < -0.39 is 23.5 Å². The molecular weight excluding hydrogens is 306 g/mol. The number of rotatable bonds is 4. The number of hydrazine groups is 1. The first-order valence-corrected chi connectivity index (χ1v) is 6.05. The maximum Gasteiger partial charge on any atom is 0.416 e. The van der Waals surface area contributed by atoms with Crippen molar-refractivity contribution in [1.82, 2.24) is 15.4 Å².